The third-order valence-corrected chi connectivity index (χ3v) is 8.40. The number of aliphatic hydroxyl groups is 1. The molecule has 2 unspecified atom stereocenters. The number of amides is 1. The van der Waals surface area contributed by atoms with Crippen molar-refractivity contribution >= 4 is 15.9 Å². The highest BCUT2D eigenvalue weighted by Gasteiger charge is 2.32. The van der Waals surface area contributed by atoms with Crippen LogP contribution in [-0.2, 0) is 16.4 Å². The van der Waals surface area contributed by atoms with Crippen LogP contribution in [-0.4, -0.2) is 60.9 Å². The number of ether oxygens (including phenoxy) is 2. The van der Waals surface area contributed by atoms with Gasteiger partial charge in [0.1, 0.15) is 5.75 Å². The van der Waals surface area contributed by atoms with Crippen LogP contribution in [0.4, 0.5) is 0 Å². The minimum Gasteiger partial charge on any atom is -0.508 e. The van der Waals surface area contributed by atoms with E-state index in [9.17, 15) is 23.4 Å². The fourth-order valence-electron chi connectivity index (χ4n) is 4.47. The molecule has 208 valence electrons. The molecule has 3 N–H and O–H groups in total. The Morgan fingerprint density at radius 1 is 1.00 bits per heavy atom. The molecule has 1 amide bonds. The second kappa shape index (κ2) is 12.1. The smallest absolute Gasteiger partial charge is 0.252 e. The number of hydrogen-bond donors (Lipinski definition) is 3. The summed E-state index contributed by atoms with van der Waals surface area (Å²) in [5, 5.41) is 24.4. The predicted molar refractivity (Wildman–Crippen MR) is 146 cm³/mol. The number of fused-ring (bicyclic) bond motifs is 1. The van der Waals surface area contributed by atoms with Crippen molar-refractivity contribution < 1.29 is 32.9 Å². The average molecular weight is 555 g/mol. The molecule has 0 fully saturated rings. The van der Waals surface area contributed by atoms with Gasteiger partial charge in [0.05, 0.1) is 17.0 Å². The molecule has 9 nitrogen and oxygen atoms in total. The summed E-state index contributed by atoms with van der Waals surface area (Å²) < 4.78 is 39.3. The molecule has 1 aliphatic heterocycles. The zero-order valence-corrected chi connectivity index (χ0v) is 23.0. The Bertz CT molecular complexity index is 1410. The first-order valence-electron chi connectivity index (χ1n) is 12.8. The molecular formula is C29H34N2O7S. The number of carbonyl (C=O) groups excluding carboxylic acids is 1. The minimum atomic E-state index is -4.02. The topological polar surface area (TPSA) is 125 Å². The predicted octanol–water partition coefficient (Wildman–Crippen LogP) is 3.48. The van der Waals surface area contributed by atoms with Gasteiger partial charge in [-0.15, -0.1) is 0 Å². The Morgan fingerprint density at radius 3 is 2.44 bits per heavy atom. The van der Waals surface area contributed by atoms with E-state index in [1.54, 1.807) is 25.1 Å². The van der Waals surface area contributed by atoms with Gasteiger partial charge in [0.25, 0.3) is 5.91 Å². The van der Waals surface area contributed by atoms with Gasteiger partial charge in [0, 0.05) is 30.3 Å². The van der Waals surface area contributed by atoms with E-state index in [1.165, 1.54) is 22.5 Å². The molecule has 0 bridgehead atoms. The van der Waals surface area contributed by atoms with Crippen molar-refractivity contribution in [2.75, 3.05) is 19.9 Å². The normalized spacial score (nSPS) is 14.4. The van der Waals surface area contributed by atoms with Gasteiger partial charge in [0.15, 0.2) is 11.5 Å². The lowest BCUT2D eigenvalue weighted by Gasteiger charge is -2.31. The molecule has 0 aromatic heterocycles. The van der Waals surface area contributed by atoms with Crippen LogP contribution in [0, 0.1) is 12.8 Å². The number of sulfonamides is 1. The second-order valence-electron chi connectivity index (χ2n) is 10.0. The van der Waals surface area contributed by atoms with Crippen LogP contribution >= 0.6 is 0 Å². The Hall–Kier alpha value is -3.60. The third-order valence-electron chi connectivity index (χ3n) is 6.57. The van der Waals surface area contributed by atoms with Crippen molar-refractivity contribution in [1.82, 2.24) is 9.62 Å². The lowest BCUT2D eigenvalue weighted by Crippen LogP contribution is -2.51. The van der Waals surface area contributed by atoms with Crippen LogP contribution in [0.25, 0.3) is 0 Å². The molecule has 1 aliphatic rings. The first-order chi connectivity index (χ1) is 18.6. The molecule has 4 rings (SSSR count). The van der Waals surface area contributed by atoms with Gasteiger partial charge in [-0.1, -0.05) is 50.2 Å². The van der Waals surface area contributed by atoms with E-state index in [1.807, 2.05) is 44.2 Å². The monoisotopic (exact) mass is 554 g/mol. The molecule has 0 aliphatic carbocycles. The van der Waals surface area contributed by atoms with Crippen molar-refractivity contribution in [2.45, 2.75) is 44.2 Å². The van der Waals surface area contributed by atoms with E-state index in [2.05, 4.69) is 5.32 Å². The highest BCUT2D eigenvalue weighted by atomic mass is 32.2. The fraction of sp³-hybridized carbons (Fsp3) is 0.345. The summed E-state index contributed by atoms with van der Waals surface area (Å²) in [5.74, 6) is 0.297. The second-order valence-corrected chi connectivity index (χ2v) is 12.0. The van der Waals surface area contributed by atoms with Crippen LogP contribution in [0.1, 0.15) is 35.3 Å². The molecule has 0 radical (unpaired) electrons. The minimum absolute atomic E-state index is 0.0132. The Morgan fingerprint density at radius 2 is 1.72 bits per heavy atom. The summed E-state index contributed by atoms with van der Waals surface area (Å²) in [6, 6.07) is 17.6. The quantitative estimate of drug-likeness (QED) is 0.331. The summed E-state index contributed by atoms with van der Waals surface area (Å²) in [6.45, 7) is 5.35. The van der Waals surface area contributed by atoms with Crippen molar-refractivity contribution in [2.24, 2.45) is 5.92 Å². The van der Waals surface area contributed by atoms with Crippen molar-refractivity contribution in [3.05, 3.63) is 83.4 Å². The number of benzene rings is 3. The molecule has 0 saturated heterocycles. The number of hydrogen-bond acceptors (Lipinski definition) is 7. The Balaban J connectivity index is 1.62. The van der Waals surface area contributed by atoms with Gasteiger partial charge >= 0.3 is 0 Å². The largest absolute Gasteiger partial charge is 0.508 e. The zero-order valence-electron chi connectivity index (χ0n) is 22.2. The van der Waals surface area contributed by atoms with E-state index in [4.69, 9.17) is 9.47 Å². The number of carbonyl (C=O) groups is 1. The molecule has 0 spiro atoms. The molecular weight excluding hydrogens is 520 g/mol. The number of rotatable bonds is 11. The summed E-state index contributed by atoms with van der Waals surface area (Å²) in [5.41, 5.74) is 1.55. The molecule has 39 heavy (non-hydrogen) atoms. The maximum absolute atomic E-state index is 13.7. The van der Waals surface area contributed by atoms with Crippen LogP contribution in [0.2, 0.25) is 0 Å². The number of nitrogens with one attached hydrogen (secondary N) is 1. The highest BCUT2D eigenvalue weighted by molar-refractivity contribution is 7.89. The molecule has 2 atom stereocenters. The Kier molecular flexibility index (Phi) is 8.79. The molecule has 3 aromatic rings. The van der Waals surface area contributed by atoms with Gasteiger partial charge < -0.3 is 25.0 Å². The molecule has 10 heteroatoms. The van der Waals surface area contributed by atoms with E-state index >= 15 is 0 Å². The van der Waals surface area contributed by atoms with Crippen molar-refractivity contribution in [3.63, 3.8) is 0 Å². The first kappa shape index (κ1) is 28.4. The SMILES string of the molecule is Cc1c(O)cccc1C(=O)NC(Cc1ccccc1)C(O)CN(CC(C)C)S(=O)(=O)c1ccc2c(c1)OCO2. The van der Waals surface area contributed by atoms with Gasteiger partial charge in [-0.2, -0.15) is 4.31 Å². The lowest BCUT2D eigenvalue weighted by molar-refractivity contribution is 0.0775. The molecule has 3 aromatic carbocycles. The fourth-order valence-corrected chi connectivity index (χ4v) is 6.10. The van der Waals surface area contributed by atoms with Gasteiger partial charge in [-0.05, 0) is 49.1 Å². The highest BCUT2D eigenvalue weighted by Crippen LogP contribution is 2.35. The van der Waals surface area contributed by atoms with Gasteiger partial charge in [0.2, 0.25) is 16.8 Å². The Labute approximate surface area is 229 Å². The standard InChI is InChI=1S/C29H34N2O7S/c1-19(2)16-31(39(35,36)22-12-13-27-28(15-22)38-18-37-27)17-26(33)24(14-21-8-5-4-6-9-21)30-29(34)23-10-7-11-25(32)20(23)3/h4-13,15,19,24,26,32-33H,14,16-18H2,1-3H3,(H,30,34). The lowest BCUT2D eigenvalue weighted by atomic mass is 9.99. The molecule has 0 saturated carbocycles. The van der Waals surface area contributed by atoms with E-state index < -0.39 is 28.1 Å². The van der Waals surface area contributed by atoms with E-state index in [0.717, 1.165) is 5.56 Å². The summed E-state index contributed by atoms with van der Waals surface area (Å²) >= 11 is 0. The van der Waals surface area contributed by atoms with Gasteiger partial charge in [-0.25, -0.2) is 8.42 Å². The van der Waals surface area contributed by atoms with Crippen LogP contribution < -0.4 is 14.8 Å². The first-order valence-corrected chi connectivity index (χ1v) is 14.2. The average Bonchev–Trinajstić information content (AvgIpc) is 3.38. The number of phenols is 1. The number of phenolic OH excluding ortho intramolecular Hbond substituents is 1. The van der Waals surface area contributed by atoms with Crippen molar-refractivity contribution in [1.29, 1.82) is 0 Å². The third kappa shape index (κ3) is 6.70. The summed E-state index contributed by atoms with van der Waals surface area (Å²) in [6.07, 6.45) is -0.972. The van der Waals surface area contributed by atoms with Crippen LogP contribution in [0.5, 0.6) is 17.2 Å². The zero-order chi connectivity index (χ0) is 28.2. The van der Waals surface area contributed by atoms with Gasteiger partial charge in [-0.3, -0.25) is 4.79 Å². The summed E-state index contributed by atoms with van der Waals surface area (Å²) in [7, 11) is -4.02. The van der Waals surface area contributed by atoms with Crippen molar-refractivity contribution in [3.8, 4) is 17.2 Å². The number of aromatic hydroxyl groups is 1. The summed E-state index contributed by atoms with van der Waals surface area (Å²) in [4.78, 5) is 13.2. The maximum Gasteiger partial charge on any atom is 0.252 e. The molecule has 1 heterocycles. The van der Waals surface area contributed by atoms with Crippen LogP contribution in [0.3, 0.4) is 0 Å². The van der Waals surface area contributed by atoms with Crippen LogP contribution in [0.15, 0.2) is 71.6 Å². The van der Waals surface area contributed by atoms with E-state index in [-0.39, 0.29) is 48.4 Å². The number of nitrogens with zero attached hydrogens (tertiary/aromatic N) is 1. The van der Waals surface area contributed by atoms with E-state index in [0.29, 0.717) is 17.1 Å². The maximum atomic E-state index is 13.7. The number of aliphatic hydroxyl groups excluding tert-OH is 1.